The molecule has 1 saturated heterocycles. The lowest BCUT2D eigenvalue weighted by Gasteiger charge is -2.25. The Morgan fingerprint density at radius 1 is 0.939 bits per heavy atom. The molecule has 0 atom stereocenters. The fraction of sp³-hybridized carbons (Fsp3) is 0.160. The maximum Gasteiger partial charge on any atom is 0.259 e. The minimum Gasteiger partial charge on any atom is -0.488 e. The summed E-state index contributed by atoms with van der Waals surface area (Å²) in [6.07, 6.45) is 1.28. The first-order valence-electron chi connectivity index (χ1n) is 10.4. The summed E-state index contributed by atoms with van der Waals surface area (Å²) in [4.78, 5) is 38.3. The molecule has 1 aliphatic heterocycles. The number of carbonyl (C=O) groups is 3. The zero-order chi connectivity index (χ0) is 23.4. The zero-order valence-electron chi connectivity index (χ0n) is 17.5. The molecule has 0 aromatic heterocycles. The van der Waals surface area contributed by atoms with E-state index < -0.39 is 0 Å². The molecule has 0 aliphatic carbocycles. The highest BCUT2D eigenvalue weighted by molar-refractivity contribution is 6.35. The van der Waals surface area contributed by atoms with Crippen LogP contribution < -0.4 is 15.0 Å². The Kier molecular flexibility index (Phi) is 6.96. The van der Waals surface area contributed by atoms with Crippen molar-refractivity contribution in [1.29, 1.82) is 0 Å². The summed E-state index contributed by atoms with van der Waals surface area (Å²) in [7, 11) is 0. The quantitative estimate of drug-likeness (QED) is 0.445. The first-order chi connectivity index (χ1) is 15.9. The van der Waals surface area contributed by atoms with Crippen molar-refractivity contribution in [2.45, 2.75) is 25.9 Å². The topological polar surface area (TPSA) is 75.7 Å². The molecule has 4 rings (SSSR count). The van der Waals surface area contributed by atoms with Crippen molar-refractivity contribution in [3.05, 3.63) is 87.9 Å². The van der Waals surface area contributed by atoms with Crippen molar-refractivity contribution in [1.82, 2.24) is 0 Å². The van der Waals surface area contributed by atoms with Crippen LogP contribution in [0.1, 0.15) is 35.2 Å². The van der Waals surface area contributed by atoms with E-state index >= 15 is 0 Å². The van der Waals surface area contributed by atoms with Gasteiger partial charge in [-0.15, -0.1) is 0 Å². The summed E-state index contributed by atoms with van der Waals surface area (Å²) in [5.41, 5.74) is 2.12. The molecule has 33 heavy (non-hydrogen) atoms. The Morgan fingerprint density at radius 3 is 2.33 bits per heavy atom. The van der Waals surface area contributed by atoms with Crippen molar-refractivity contribution in [3.63, 3.8) is 0 Å². The maximum absolute atomic E-state index is 12.9. The number of benzene rings is 3. The molecule has 1 heterocycles. The van der Waals surface area contributed by atoms with Gasteiger partial charge in [-0.25, -0.2) is 0 Å². The Bertz CT molecular complexity index is 1200. The first-order valence-corrected chi connectivity index (χ1v) is 11.1. The summed E-state index contributed by atoms with van der Waals surface area (Å²) < 4.78 is 5.85. The van der Waals surface area contributed by atoms with Gasteiger partial charge in [0.05, 0.1) is 11.3 Å². The van der Waals surface area contributed by atoms with E-state index in [2.05, 4.69) is 5.32 Å². The largest absolute Gasteiger partial charge is 0.488 e. The molecular weight excluding hydrogens is 463 g/mol. The molecule has 0 bridgehead atoms. The minimum atomic E-state index is -0.356. The van der Waals surface area contributed by atoms with Crippen molar-refractivity contribution in [2.75, 3.05) is 10.2 Å². The van der Waals surface area contributed by atoms with Crippen molar-refractivity contribution in [2.24, 2.45) is 0 Å². The number of piperidine rings is 1. The van der Waals surface area contributed by atoms with E-state index in [4.69, 9.17) is 27.9 Å². The molecule has 3 aromatic carbocycles. The SMILES string of the molecule is O=C(Nc1ccc(N2C(=O)CCCC2=O)cc1)c1ccccc1OCc1ccc(Cl)cc1Cl. The second-order valence-corrected chi connectivity index (χ2v) is 8.34. The van der Waals surface area contributed by atoms with Crippen LogP contribution in [0.15, 0.2) is 66.7 Å². The number of hydrogen-bond donors (Lipinski definition) is 1. The molecule has 1 fully saturated rings. The number of amides is 3. The van der Waals surface area contributed by atoms with Gasteiger partial charge in [0.1, 0.15) is 12.4 Å². The van der Waals surface area contributed by atoms with E-state index in [0.29, 0.717) is 52.0 Å². The minimum absolute atomic E-state index is 0.173. The van der Waals surface area contributed by atoms with Crippen LogP contribution in [-0.2, 0) is 16.2 Å². The van der Waals surface area contributed by atoms with Gasteiger partial charge in [-0.3, -0.25) is 19.3 Å². The number of nitrogens with one attached hydrogen (secondary N) is 1. The Labute approximate surface area is 201 Å². The Balaban J connectivity index is 1.45. The Hall–Kier alpha value is -3.35. The van der Waals surface area contributed by atoms with E-state index in [1.807, 2.05) is 0 Å². The molecule has 6 nitrogen and oxygen atoms in total. The van der Waals surface area contributed by atoms with Crippen LogP contribution in [0.5, 0.6) is 5.75 Å². The number of carbonyl (C=O) groups excluding carboxylic acids is 3. The van der Waals surface area contributed by atoms with Crippen LogP contribution in [-0.4, -0.2) is 17.7 Å². The number of nitrogens with zero attached hydrogens (tertiary/aromatic N) is 1. The number of rotatable bonds is 6. The van der Waals surface area contributed by atoms with E-state index in [0.717, 1.165) is 5.56 Å². The third kappa shape index (κ3) is 5.35. The highest BCUT2D eigenvalue weighted by atomic mass is 35.5. The summed E-state index contributed by atoms with van der Waals surface area (Å²) >= 11 is 12.1. The molecule has 0 unspecified atom stereocenters. The molecule has 0 spiro atoms. The zero-order valence-corrected chi connectivity index (χ0v) is 19.0. The lowest BCUT2D eigenvalue weighted by atomic mass is 10.1. The highest BCUT2D eigenvalue weighted by Crippen LogP contribution is 2.26. The van der Waals surface area contributed by atoms with Gasteiger partial charge in [0.25, 0.3) is 5.91 Å². The molecule has 0 saturated carbocycles. The second-order valence-electron chi connectivity index (χ2n) is 7.50. The molecule has 1 N–H and O–H groups in total. The molecule has 8 heteroatoms. The van der Waals surface area contributed by atoms with E-state index in [1.165, 1.54) is 4.90 Å². The maximum atomic E-state index is 12.9. The predicted molar refractivity (Wildman–Crippen MR) is 128 cm³/mol. The monoisotopic (exact) mass is 482 g/mol. The van der Waals surface area contributed by atoms with E-state index in [-0.39, 0.29) is 24.3 Å². The van der Waals surface area contributed by atoms with Gasteiger partial charge >= 0.3 is 0 Å². The fourth-order valence-electron chi connectivity index (χ4n) is 3.51. The normalized spacial score (nSPS) is 13.7. The number of para-hydroxylation sites is 1. The number of anilines is 2. The lowest BCUT2D eigenvalue weighted by molar-refractivity contribution is -0.129. The summed E-state index contributed by atoms with van der Waals surface area (Å²) in [5, 5.41) is 3.83. The van der Waals surface area contributed by atoms with Crippen molar-refractivity contribution < 1.29 is 19.1 Å². The van der Waals surface area contributed by atoms with Crippen molar-refractivity contribution >= 4 is 52.3 Å². The van der Waals surface area contributed by atoms with Gasteiger partial charge in [0.15, 0.2) is 0 Å². The van der Waals surface area contributed by atoms with Gasteiger partial charge < -0.3 is 10.1 Å². The van der Waals surface area contributed by atoms with Gasteiger partial charge in [-0.05, 0) is 55.0 Å². The highest BCUT2D eigenvalue weighted by Gasteiger charge is 2.27. The van der Waals surface area contributed by atoms with E-state index in [1.54, 1.807) is 66.7 Å². The number of halogens is 2. The number of ether oxygens (including phenoxy) is 1. The molecule has 168 valence electrons. The van der Waals surface area contributed by atoms with Crippen LogP contribution in [0.4, 0.5) is 11.4 Å². The van der Waals surface area contributed by atoms with Crippen LogP contribution >= 0.6 is 23.2 Å². The Morgan fingerprint density at radius 2 is 1.64 bits per heavy atom. The average Bonchev–Trinajstić information content (AvgIpc) is 2.80. The van der Waals surface area contributed by atoms with Crippen molar-refractivity contribution in [3.8, 4) is 5.75 Å². The fourth-order valence-corrected chi connectivity index (χ4v) is 3.97. The third-order valence-electron chi connectivity index (χ3n) is 5.19. The van der Waals surface area contributed by atoms with Gasteiger partial charge in [-0.2, -0.15) is 0 Å². The van der Waals surface area contributed by atoms with Crippen LogP contribution in [0.3, 0.4) is 0 Å². The average molecular weight is 483 g/mol. The van der Waals surface area contributed by atoms with Gasteiger partial charge in [0.2, 0.25) is 11.8 Å². The van der Waals surface area contributed by atoms with Crippen LogP contribution in [0.2, 0.25) is 10.0 Å². The third-order valence-corrected chi connectivity index (χ3v) is 5.78. The molecular formula is C25H20Cl2N2O4. The molecule has 1 aliphatic rings. The summed E-state index contributed by atoms with van der Waals surface area (Å²) in [6.45, 7) is 0.173. The summed E-state index contributed by atoms with van der Waals surface area (Å²) in [5.74, 6) is -0.377. The van der Waals surface area contributed by atoms with Crippen LogP contribution in [0, 0.1) is 0 Å². The summed E-state index contributed by atoms with van der Waals surface area (Å²) in [6, 6.07) is 18.6. The van der Waals surface area contributed by atoms with Gasteiger partial charge in [0, 0.05) is 34.1 Å². The van der Waals surface area contributed by atoms with Gasteiger partial charge in [-0.1, -0.05) is 41.4 Å². The molecule has 0 radical (unpaired) electrons. The second kappa shape index (κ2) is 10.1. The van der Waals surface area contributed by atoms with Crippen LogP contribution in [0.25, 0.3) is 0 Å². The standard InChI is InChI=1S/C25H20Cl2N2O4/c26-17-9-8-16(21(27)14-17)15-33-22-5-2-1-4-20(22)25(32)28-18-10-12-19(13-11-18)29-23(30)6-3-7-24(29)31/h1-2,4-5,8-14H,3,6-7,15H2,(H,28,32). The number of imide groups is 1. The first kappa shape index (κ1) is 22.8. The number of hydrogen-bond acceptors (Lipinski definition) is 4. The smallest absolute Gasteiger partial charge is 0.259 e. The predicted octanol–water partition coefficient (Wildman–Crippen LogP) is 5.87. The molecule has 3 aromatic rings. The lowest BCUT2D eigenvalue weighted by Crippen LogP contribution is -2.40. The molecule has 3 amide bonds. The van der Waals surface area contributed by atoms with E-state index in [9.17, 15) is 14.4 Å².